The molecule has 2 aromatic carbocycles. The van der Waals surface area contributed by atoms with Gasteiger partial charge in [0.2, 0.25) is 11.8 Å². The fourth-order valence-electron chi connectivity index (χ4n) is 2.30. The van der Waals surface area contributed by atoms with Crippen LogP contribution < -0.4 is 10.6 Å². The zero-order valence-corrected chi connectivity index (χ0v) is 15.4. The van der Waals surface area contributed by atoms with Gasteiger partial charge in [-0.05, 0) is 68.4 Å². The van der Waals surface area contributed by atoms with Crippen LogP contribution in [0.3, 0.4) is 0 Å². The van der Waals surface area contributed by atoms with E-state index in [1.807, 2.05) is 32.0 Å². The molecule has 6 heteroatoms. The van der Waals surface area contributed by atoms with E-state index in [1.54, 1.807) is 36.2 Å². The van der Waals surface area contributed by atoms with E-state index in [2.05, 4.69) is 10.6 Å². The number of nitrogens with one attached hydrogen (secondary N) is 2. The van der Waals surface area contributed by atoms with Crippen LogP contribution in [0, 0.1) is 13.8 Å². The van der Waals surface area contributed by atoms with Crippen molar-refractivity contribution in [1.82, 2.24) is 4.90 Å². The van der Waals surface area contributed by atoms with Crippen molar-refractivity contribution in [2.75, 3.05) is 30.8 Å². The lowest BCUT2D eigenvalue weighted by Crippen LogP contribution is -2.36. The van der Waals surface area contributed by atoms with Crippen LogP contribution in [0.1, 0.15) is 11.1 Å². The van der Waals surface area contributed by atoms with Crippen molar-refractivity contribution >= 4 is 34.8 Å². The number of anilines is 2. The molecule has 0 radical (unpaired) electrons. The summed E-state index contributed by atoms with van der Waals surface area (Å²) < 4.78 is 0. The molecule has 132 valence electrons. The minimum Gasteiger partial charge on any atom is -0.325 e. The molecule has 0 saturated carbocycles. The van der Waals surface area contributed by atoms with Crippen molar-refractivity contribution in [2.45, 2.75) is 13.8 Å². The molecule has 0 bridgehead atoms. The van der Waals surface area contributed by atoms with Gasteiger partial charge >= 0.3 is 0 Å². The Morgan fingerprint density at radius 3 is 1.96 bits per heavy atom. The van der Waals surface area contributed by atoms with Crippen molar-refractivity contribution in [3.8, 4) is 0 Å². The lowest BCUT2D eigenvalue weighted by Gasteiger charge is -2.16. The van der Waals surface area contributed by atoms with Gasteiger partial charge in [0.25, 0.3) is 0 Å². The molecule has 25 heavy (non-hydrogen) atoms. The molecule has 0 heterocycles. The molecule has 0 unspecified atom stereocenters. The predicted molar refractivity (Wildman–Crippen MR) is 102 cm³/mol. The van der Waals surface area contributed by atoms with E-state index in [4.69, 9.17) is 11.6 Å². The number of aryl methyl sites for hydroxylation is 2. The van der Waals surface area contributed by atoms with Crippen LogP contribution in [0.2, 0.25) is 5.02 Å². The van der Waals surface area contributed by atoms with E-state index >= 15 is 0 Å². The zero-order chi connectivity index (χ0) is 18.4. The number of nitrogens with zero attached hydrogens (tertiary/aromatic N) is 1. The number of benzene rings is 2. The number of amides is 2. The smallest absolute Gasteiger partial charge is 0.238 e. The van der Waals surface area contributed by atoms with E-state index in [-0.39, 0.29) is 24.9 Å². The molecule has 0 saturated heterocycles. The van der Waals surface area contributed by atoms with E-state index in [9.17, 15) is 9.59 Å². The number of halogens is 1. The van der Waals surface area contributed by atoms with Crippen molar-refractivity contribution < 1.29 is 9.59 Å². The number of carbonyl (C=O) groups is 2. The average molecular weight is 360 g/mol. The SMILES string of the molecule is Cc1ccc(NC(=O)CN(C)CC(=O)Nc2ccc(Cl)cc2)cc1C. The topological polar surface area (TPSA) is 61.4 Å². The highest BCUT2D eigenvalue weighted by molar-refractivity contribution is 6.30. The second-order valence-corrected chi connectivity index (χ2v) is 6.51. The summed E-state index contributed by atoms with van der Waals surface area (Å²) in [6.45, 7) is 4.26. The highest BCUT2D eigenvalue weighted by atomic mass is 35.5. The molecular formula is C19H22ClN3O2. The van der Waals surface area contributed by atoms with Crippen molar-refractivity contribution in [2.24, 2.45) is 0 Å². The van der Waals surface area contributed by atoms with E-state index in [0.29, 0.717) is 10.7 Å². The standard InChI is InChI=1S/C19H22ClN3O2/c1-13-4-7-17(10-14(13)2)22-19(25)12-23(3)11-18(24)21-16-8-5-15(20)6-9-16/h4-10H,11-12H2,1-3H3,(H,21,24)(H,22,25). The molecule has 5 nitrogen and oxygen atoms in total. The predicted octanol–water partition coefficient (Wildman–Crippen LogP) is 3.47. The highest BCUT2D eigenvalue weighted by Gasteiger charge is 2.11. The lowest BCUT2D eigenvalue weighted by atomic mass is 10.1. The fraction of sp³-hybridized carbons (Fsp3) is 0.263. The van der Waals surface area contributed by atoms with Gasteiger partial charge in [-0.25, -0.2) is 0 Å². The molecule has 0 aromatic heterocycles. The van der Waals surface area contributed by atoms with E-state index in [0.717, 1.165) is 11.3 Å². The molecule has 0 fully saturated rings. The van der Waals surface area contributed by atoms with Crippen molar-refractivity contribution in [3.05, 3.63) is 58.6 Å². The number of likely N-dealkylation sites (N-methyl/N-ethyl adjacent to an activating group) is 1. The molecule has 2 N–H and O–H groups in total. The zero-order valence-electron chi connectivity index (χ0n) is 14.6. The first-order valence-electron chi connectivity index (χ1n) is 7.94. The first-order chi connectivity index (χ1) is 11.8. The molecule has 0 aliphatic rings. The summed E-state index contributed by atoms with van der Waals surface area (Å²) in [5.74, 6) is -0.353. The Bertz CT molecular complexity index is 760. The molecule has 0 atom stereocenters. The van der Waals surface area contributed by atoms with E-state index in [1.165, 1.54) is 5.56 Å². The third kappa shape index (κ3) is 6.21. The Morgan fingerprint density at radius 1 is 0.880 bits per heavy atom. The van der Waals surface area contributed by atoms with Crippen LogP contribution >= 0.6 is 11.6 Å². The van der Waals surface area contributed by atoms with Crippen LogP contribution in [0.15, 0.2) is 42.5 Å². The minimum atomic E-state index is -0.191. The Morgan fingerprint density at radius 2 is 1.40 bits per heavy atom. The number of hydrogen-bond donors (Lipinski definition) is 2. The molecular weight excluding hydrogens is 338 g/mol. The summed E-state index contributed by atoms with van der Waals surface area (Å²) in [7, 11) is 1.72. The highest BCUT2D eigenvalue weighted by Crippen LogP contribution is 2.14. The summed E-state index contributed by atoms with van der Waals surface area (Å²) in [4.78, 5) is 25.8. The summed E-state index contributed by atoms with van der Waals surface area (Å²) >= 11 is 5.81. The summed E-state index contributed by atoms with van der Waals surface area (Å²) in [6.07, 6.45) is 0. The summed E-state index contributed by atoms with van der Waals surface area (Å²) in [6, 6.07) is 12.6. The molecule has 2 rings (SSSR count). The lowest BCUT2D eigenvalue weighted by molar-refractivity contribution is -0.119. The molecule has 2 amide bonds. The Hall–Kier alpha value is -2.37. The number of hydrogen-bond acceptors (Lipinski definition) is 3. The largest absolute Gasteiger partial charge is 0.325 e. The summed E-state index contributed by atoms with van der Waals surface area (Å²) in [5, 5.41) is 6.22. The Balaban J connectivity index is 1.81. The molecule has 2 aromatic rings. The van der Waals surface area contributed by atoms with Crippen LogP contribution in [0.25, 0.3) is 0 Å². The van der Waals surface area contributed by atoms with Gasteiger partial charge in [-0.2, -0.15) is 0 Å². The van der Waals surface area contributed by atoms with E-state index < -0.39 is 0 Å². The minimum absolute atomic E-state index is 0.114. The van der Waals surface area contributed by atoms with Gasteiger partial charge in [0.1, 0.15) is 0 Å². The molecule has 0 aliphatic carbocycles. The van der Waals surface area contributed by atoms with Gasteiger partial charge in [-0.3, -0.25) is 14.5 Å². The third-order valence-corrected chi connectivity index (χ3v) is 4.00. The van der Waals surface area contributed by atoms with Gasteiger partial charge in [0.15, 0.2) is 0 Å². The average Bonchev–Trinajstić information content (AvgIpc) is 2.52. The Labute approximate surface area is 153 Å². The fourth-order valence-corrected chi connectivity index (χ4v) is 2.43. The first kappa shape index (κ1) is 19.0. The third-order valence-electron chi connectivity index (χ3n) is 3.75. The van der Waals surface area contributed by atoms with Gasteiger partial charge in [0, 0.05) is 16.4 Å². The van der Waals surface area contributed by atoms with Crippen molar-refractivity contribution in [1.29, 1.82) is 0 Å². The summed E-state index contributed by atoms with van der Waals surface area (Å²) in [5.41, 5.74) is 3.72. The second-order valence-electron chi connectivity index (χ2n) is 6.07. The Kier molecular flexibility index (Phi) is 6.56. The van der Waals surface area contributed by atoms with Gasteiger partial charge in [-0.1, -0.05) is 17.7 Å². The maximum Gasteiger partial charge on any atom is 0.238 e. The second kappa shape index (κ2) is 8.65. The molecule has 0 aliphatic heterocycles. The first-order valence-corrected chi connectivity index (χ1v) is 8.32. The van der Waals surface area contributed by atoms with Gasteiger partial charge in [-0.15, -0.1) is 0 Å². The number of rotatable bonds is 6. The quantitative estimate of drug-likeness (QED) is 0.830. The molecule has 0 spiro atoms. The van der Waals surface area contributed by atoms with Crippen LogP contribution in [-0.4, -0.2) is 36.9 Å². The van der Waals surface area contributed by atoms with Gasteiger partial charge < -0.3 is 10.6 Å². The number of carbonyl (C=O) groups excluding carboxylic acids is 2. The maximum absolute atomic E-state index is 12.1. The normalized spacial score (nSPS) is 10.6. The monoisotopic (exact) mass is 359 g/mol. The van der Waals surface area contributed by atoms with Crippen molar-refractivity contribution in [3.63, 3.8) is 0 Å². The van der Waals surface area contributed by atoms with Crippen LogP contribution in [-0.2, 0) is 9.59 Å². The van der Waals surface area contributed by atoms with Crippen LogP contribution in [0.4, 0.5) is 11.4 Å². The van der Waals surface area contributed by atoms with Crippen LogP contribution in [0.5, 0.6) is 0 Å². The van der Waals surface area contributed by atoms with Gasteiger partial charge in [0.05, 0.1) is 13.1 Å². The maximum atomic E-state index is 12.1.